The summed E-state index contributed by atoms with van der Waals surface area (Å²) < 4.78 is 1.36. The lowest BCUT2D eigenvalue weighted by atomic mass is 9.87. The quantitative estimate of drug-likeness (QED) is 0.316. The summed E-state index contributed by atoms with van der Waals surface area (Å²) in [5.41, 5.74) is 3.72. The van der Waals surface area contributed by atoms with Gasteiger partial charge >= 0.3 is 0 Å². The van der Waals surface area contributed by atoms with Gasteiger partial charge in [0.15, 0.2) is 0 Å². The van der Waals surface area contributed by atoms with E-state index in [1.807, 2.05) is 0 Å². The molecule has 0 amide bonds. The Morgan fingerprint density at radius 3 is 1.87 bits per heavy atom. The van der Waals surface area contributed by atoms with Gasteiger partial charge in [-0.2, -0.15) is 0 Å². The van der Waals surface area contributed by atoms with E-state index in [1.54, 1.807) is 0 Å². The van der Waals surface area contributed by atoms with Gasteiger partial charge in [-0.25, -0.2) is 0 Å². The Morgan fingerprint density at radius 1 is 0.826 bits per heavy atom. The third kappa shape index (κ3) is 4.96. The fraction of sp³-hybridized carbons (Fsp3) is 0.333. The molecule has 2 heteroatoms. The number of hydrogen-bond acceptors (Lipinski definition) is 0. The second kappa shape index (κ2) is 6.82. The first kappa shape index (κ1) is 18.3. The molecule has 0 saturated heterocycles. The fourth-order valence-electron chi connectivity index (χ4n) is 2.38. The largest absolute Gasteiger partial charge is 0.0790 e. The molecule has 0 aliphatic rings. The first-order chi connectivity index (χ1) is 10.6. The van der Waals surface area contributed by atoms with E-state index in [0.717, 1.165) is 11.1 Å². The third-order valence-electron chi connectivity index (χ3n) is 3.88. The van der Waals surface area contributed by atoms with Crippen LogP contribution in [-0.2, 0) is 5.41 Å². The Bertz CT molecular complexity index is 748. The number of benzene rings is 2. The summed E-state index contributed by atoms with van der Waals surface area (Å²) in [6, 6.07) is 15.2. The zero-order valence-corrected chi connectivity index (χ0v) is 18.1. The van der Waals surface area contributed by atoms with Crippen LogP contribution in [-0.4, -0.2) is 8.07 Å². The first-order valence-electron chi connectivity index (χ1n) is 8.00. The van der Waals surface area contributed by atoms with Crippen LogP contribution in [0.3, 0.4) is 0 Å². The summed E-state index contributed by atoms with van der Waals surface area (Å²) in [6.45, 7) is 13.8. The molecule has 0 aliphatic heterocycles. The van der Waals surface area contributed by atoms with Crippen molar-refractivity contribution in [2.24, 2.45) is 0 Å². The molecule has 0 bridgehead atoms. The van der Waals surface area contributed by atoms with E-state index < -0.39 is 8.07 Å². The topological polar surface area (TPSA) is 0 Å². The van der Waals surface area contributed by atoms with Gasteiger partial charge in [0.1, 0.15) is 0 Å². The van der Waals surface area contributed by atoms with Gasteiger partial charge in [0, 0.05) is 14.7 Å². The van der Waals surface area contributed by atoms with Gasteiger partial charge in [-0.15, -0.1) is 0 Å². The highest BCUT2D eigenvalue weighted by Gasteiger charge is 2.19. The van der Waals surface area contributed by atoms with Crippen molar-refractivity contribution in [2.45, 2.75) is 45.8 Å². The van der Waals surface area contributed by atoms with Gasteiger partial charge in [0.05, 0.1) is 8.07 Å². The standard InChI is InChI=1S/C21H25ISi/c1-21(2,3)18-12-9-16(10-13-18)7-8-17-11-14-19(22)20(15-17)23(4,5)6/h9-15H,1-6H3. The minimum absolute atomic E-state index is 0.189. The molecule has 0 heterocycles. The summed E-state index contributed by atoms with van der Waals surface area (Å²) in [5, 5.41) is 1.49. The summed E-state index contributed by atoms with van der Waals surface area (Å²) in [5.74, 6) is 6.63. The molecule has 0 N–H and O–H groups in total. The Balaban J connectivity index is 2.29. The molecule has 0 atom stereocenters. The van der Waals surface area contributed by atoms with Crippen LogP contribution >= 0.6 is 22.6 Å². The molecular weight excluding hydrogens is 407 g/mol. The molecule has 2 rings (SSSR count). The minimum atomic E-state index is -1.32. The van der Waals surface area contributed by atoms with Crippen LogP contribution in [0.25, 0.3) is 0 Å². The van der Waals surface area contributed by atoms with Crippen LogP contribution < -0.4 is 5.19 Å². The van der Waals surface area contributed by atoms with Gasteiger partial charge in [-0.05, 0) is 69.1 Å². The highest BCUT2D eigenvalue weighted by Crippen LogP contribution is 2.22. The molecule has 0 fully saturated rings. The van der Waals surface area contributed by atoms with Crippen LogP contribution in [0.15, 0.2) is 42.5 Å². The maximum absolute atomic E-state index is 3.33. The molecule has 0 spiro atoms. The molecule has 2 aromatic rings. The highest BCUT2D eigenvalue weighted by molar-refractivity contribution is 14.1. The Hall–Kier alpha value is -1.05. The minimum Gasteiger partial charge on any atom is -0.0656 e. The van der Waals surface area contributed by atoms with E-state index >= 15 is 0 Å². The number of rotatable bonds is 1. The lowest BCUT2D eigenvalue weighted by molar-refractivity contribution is 0.590. The lowest BCUT2D eigenvalue weighted by Gasteiger charge is -2.19. The van der Waals surface area contributed by atoms with Crippen molar-refractivity contribution in [3.8, 4) is 11.8 Å². The predicted octanol–water partition coefficient (Wildman–Crippen LogP) is 5.53. The molecule has 0 saturated carbocycles. The van der Waals surface area contributed by atoms with Crippen LogP contribution in [0.2, 0.25) is 19.6 Å². The molecule has 23 heavy (non-hydrogen) atoms. The molecule has 0 unspecified atom stereocenters. The monoisotopic (exact) mass is 432 g/mol. The summed E-state index contributed by atoms with van der Waals surface area (Å²) in [7, 11) is -1.32. The zero-order chi connectivity index (χ0) is 17.3. The number of halogens is 1. The van der Waals surface area contributed by atoms with E-state index in [0.29, 0.717) is 0 Å². The first-order valence-corrected chi connectivity index (χ1v) is 12.6. The SMILES string of the molecule is CC(C)(C)c1ccc(C#Cc2ccc(I)c([Si](C)(C)C)c2)cc1. The molecule has 0 nitrogen and oxygen atoms in total. The molecular formula is C21H25ISi. The average Bonchev–Trinajstić information content (AvgIpc) is 2.44. The van der Waals surface area contributed by atoms with E-state index in [1.165, 1.54) is 14.3 Å². The number of hydrogen-bond donors (Lipinski definition) is 0. The van der Waals surface area contributed by atoms with E-state index in [9.17, 15) is 0 Å². The van der Waals surface area contributed by atoms with Crippen LogP contribution in [0.1, 0.15) is 37.5 Å². The van der Waals surface area contributed by atoms with Crippen LogP contribution in [0, 0.1) is 15.4 Å². The van der Waals surface area contributed by atoms with E-state index in [2.05, 4.69) is 117 Å². The summed E-state index contributed by atoms with van der Waals surface area (Å²) >= 11 is 2.44. The molecule has 0 radical (unpaired) electrons. The molecule has 120 valence electrons. The normalized spacial score (nSPS) is 11.8. The maximum Gasteiger partial charge on any atom is 0.0790 e. The fourth-order valence-corrected chi connectivity index (χ4v) is 6.53. The van der Waals surface area contributed by atoms with Crippen molar-refractivity contribution in [2.75, 3.05) is 0 Å². The van der Waals surface area contributed by atoms with Crippen LogP contribution in [0.5, 0.6) is 0 Å². The predicted molar refractivity (Wildman–Crippen MR) is 113 cm³/mol. The van der Waals surface area contributed by atoms with Crippen LogP contribution in [0.4, 0.5) is 0 Å². The van der Waals surface area contributed by atoms with Crippen molar-refractivity contribution in [3.05, 3.63) is 62.7 Å². The van der Waals surface area contributed by atoms with Crippen molar-refractivity contribution in [1.82, 2.24) is 0 Å². The van der Waals surface area contributed by atoms with Gasteiger partial charge < -0.3 is 0 Å². The second-order valence-corrected chi connectivity index (χ2v) is 14.2. The van der Waals surface area contributed by atoms with Crippen molar-refractivity contribution >= 4 is 35.9 Å². The van der Waals surface area contributed by atoms with Crippen molar-refractivity contribution in [1.29, 1.82) is 0 Å². The van der Waals surface area contributed by atoms with E-state index in [4.69, 9.17) is 0 Å². The van der Waals surface area contributed by atoms with Gasteiger partial charge in [0.25, 0.3) is 0 Å². The Kier molecular flexibility index (Phi) is 5.43. The summed E-state index contributed by atoms with van der Waals surface area (Å²) in [4.78, 5) is 0. The van der Waals surface area contributed by atoms with E-state index in [-0.39, 0.29) is 5.41 Å². The molecule has 0 aromatic heterocycles. The maximum atomic E-state index is 3.33. The third-order valence-corrected chi connectivity index (χ3v) is 7.36. The Labute approximate surface area is 155 Å². The molecule has 0 aliphatic carbocycles. The van der Waals surface area contributed by atoms with Gasteiger partial charge in [0.2, 0.25) is 0 Å². The lowest BCUT2D eigenvalue weighted by Crippen LogP contribution is -2.39. The summed E-state index contributed by atoms with van der Waals surface area (Å²) in [6.07, 6.45) is 0. The average molecular weight is 432 g/mol. The highest BCUT2D eigenvalue weighted by atomic mass is 127. The van der Waals surface area contributed by atoms with Crippen molar-refractivity contribution < 1.29 is 0 Å². The Morgan fingerprint density at radius 2 is 1.35 bits per heavy atom. The smallest absolute Gasteiger partial charge is 0.0656 e. The van der Waals surface area contributed by atoms with Crippen molar-refractivity contribution in [3.63, 3.8) is 0 Å². The zero-order valence-electron chi connectivity index (χ0n) is 14.9. The van der Waals surface area contributed by atoms with Gasteiger partial charge in [-0.1, -0.05) is 64.4 Å². The molecule has 2 aromatic carbocycles. The second-order valence-electron chi connectivity index (χ2n) is 8.02. The van der Waals surface area contributed by atoms with Gasteiger partial charge in [-0.3, -0.25) is 0 Å².